The highest BCUT2D eigenvalue weighted by Crippen LogP contribution is 2.26. The molecule has 3 rings (SSSR count). The highest BCUT2D eigenvalue weighted by Gasteiger charge is 2.10. The molecule has 0 aliphatic rings. The molecule has 0 saturated heterocycles. The first-order chi connectivity index (χ1) is 14.9. The van der Waals surface area contributed by atoms with Crippen molar-refractivity contribution in [2.45, 2.75) is 12.8 Å². The quantitative estimate of drug-likeness (QED) is 0.388. The minimum absolute atomic E-state index is 0.361. The Balaban J connectivity index is 1.83. The van der Waals surface area contributed by atoms with E-state index in [0.29, 0.717) is 30.0 Å². The van der Waals surface area contributed by atoms with Gasteiger partial charge in [0.2, 0.25) is 6.08 Å². The fraction of sp³-hybridized carbons (Fsp3) is 0.0870. The number of nitrogens with one attached hydrogen (secondary N) is 1. The van der Waals surface area contributed by atoms with Crippen LogP contribution in [0.1, 0.15) is 22.3 Å². The Morgan fingerprint density at radius 3 is 2.16 bits per heavy atom. The number of carboxylic acid groups (broad SMARTS) is 1. The van der Waals surface area contributed by atoms with Gasteiger partial charge in [0.05, 0.1) is 5.69 Å². The van der Waals surface area contributed by atoms with Gasteiger partial charge in [-0.05, 0) is 59.0 Å². The molecule has 0 spiro atoms. The van der Waals surface area contributed by atoms with Crippen molar-refractivity contribution in [1.82, 2.24) is 0 Å². The van der Waals surface area contributed by atoms with Gasteiger partial charge in [-0.25, -0.2) is 14.4 Å². The molecule has 8 heteroatoms. The molecule has 0 aliphatic heterocycles. The minimum Gasteiger partial charge on any atom is -0.465 e. The van der Waals surface area contributed by atoms with Crippen LogP contribution < -0.4 is 15.8 Å². The number of hydrogen-bond acceptors (Lipinski definition) is 5. The average molecular weight is 417 g/mol. The van der Waals surface area contributed by atoms with Crippen LogP contribution in [0.2, 0.25) is 0 Å². The lowest BCUT2D eigenvalue weighted by molar-refractivity contribution is 0.209. The number of amides is 2. The number of anilines is 1. The smallest absolute Gasteiger partial charge is 0.409 e. The average Bonchev–Trinajstić information content (AvgIpc) is 2.72. The van der Waals surface area contributed by atoms with Crippen molar-refractivity contribution in [3.05, 3.63) is 89.0 Å². The van der Waals surface area contributed by atoms with Crippen molar-refractivity contribution < 1.29 is 24.2 Å². The van der Waals surface area contributed by atoms with E-state index in [2.05, 4.69) is 10.3 Å². The molecule has 0 radical (unpaired) electrons. The fourth-order valence-electron chi connectivity index (χ4n) is 3.11. The summed E-state index contributed by atoms with van der Waals surface area (Å²) in [6, 6.07) is 19.6. The second kappa shape index (κ2) is 9.87. The summed E-state index contributed by atoms with van der Waals surface area (Å²) >= 11 is 0. The van der Waals surface area contributed by atoms with Crippen LogP contribution in [0.3, 0.4) is 0 Å². The Kier molecular flexibility index (Phi) is 6.78. The third kappa shape index (κ3) is 6.28. The number of nitrogens with zero attached hydrogens (tertiary/aromatic N) is 1. The zero-order valence-corrected chi connectivity index (χ0v) is 16.4. The summed E-state index contributed by atoms with van der Waals surface area (Å²) < 4.78 is 5.14. The van der Waals surface area contributed by atoms with Gasteiger partial charge in [0.15, 0.2) is 0 Å². The summed E-state index contributed by atoms with van der Waals surface area (Å²) in [5.41, 5.74) is 9.85. The molecule has 0 saturated carbocycles. The monoisotopic (exact) mass is 417 g/mol. The molecule has 156 valence electrons. The second-order valence-electron chi connectivity index (χ2n) is 6.71. The summed E-state index contributed by atoms with van der Waals surface area (Å²) in [6.45, 7) is 0. The van der Waals surface area contributed by atoms with Crippen LogP contribution in [0.5, 0.6) is 5.75 Å². The number of hydrogen-bond donors (Lipinski definition) is 3. The third-order valence-electron chi connectivity index (χ3n) is 4.45. The molecule has 3 aromatic rings. The van der Waals surface area contributed by atoms with Crippen LogP contribution in [0.4, 0.5) is 21.0 Å². The minimum atomic E-state index is -1.14. The van der Waals surface area contributed by atoms with E-state index in [0.717, 1.165) is 22.3 Å². The lowest BCUT2D eigenvalue weighted by Gasteiger charge is -2.12. The molecule has 0 unspecified atom stereocenters. The number of isocyanates is 1. The van der Waals surface area contributed by atoms with Crippen LogP contribution in [0, 0.1) is 0 Å². The molecule has 31 heavy (non-hydrogen) atoms. The normalized spacial score (nSPS) is 10.1. The van der Waals surface area contributed by atoms with Crippen molar-refractivity contribution >= 4 is 29.6 Å². The van der Waals surface area contributed by atoms with E-state index in [1.54, 1.807) is 42.5 Å². The number of carbonyl (C=O) groups is 2. The van der Waals surface area contributed by atoms with E-state index in [1.165, 1.54) is 6.08 Å². The van der Waals surface area contributed by atoms with Gasteiger partial charge in [0, 0.05) is 12.1 Å². The number of rotatable bonds is 7. The van der Waals surface area contributed by atoms with Gasteiger partial charge in [-0.3, -0.25) is 5.32 Å². The number of carbonyl (C=O) groups excluding carboxylic acids is 2. The highest BCUT2D eigenvalue weighted by atomic mass is 16.5. The number of nitrogens with two attached hydrogens (primary N) is 1. The SMILES string of the molecule is NC(=O)Oc1ccc(Cc2ccc(N=C=O)cc2)cc1Cc1ccc(NC(=O)O)cc1. The van der Waals surface area contributed by atoms with E-state index < -0.39 is 12.2 Å². The molecule has 0 atom stereocenters. The van der Waals surface area contributed by atoms with Crippen molar-refractivity contribution in [1.29, 1.82) is 0 Å². The van der Waals surface area contributed by atoms with Gasteiger partial charge in [-0.15, -0.1) is 0 Å². The Labute approximate surface area is 178 Å². The maximum atomic E-state index is 11.3. The molecule has 0 heterocycles. The predicted octanol–water partition coefficient (Wildman–Crippen LogP) is 4.38. The van der Waals surface area contributed by atoms with Crippen molar-refractivity contribution in [3.63, 3.8) is 0 Å². The van der Waals surface area contributed by atoms with Crippen molar-refractivity contribution in [2.75, 3.05) is 5.32 Å². The van der Waals surface area contributed by atoms with Gasteiger partial charge in [-0.1, -0.05) is 36.4 Å². The van der Waals surface area contributed by atoms with Crippen LogP contribution in [-0.2, 0) is 17.6 Å². The lowest BCUT2D eigenvalue weighted by Crippen LogP contribution is -2.17. The van der Waals surface area contributed by atoms with Gasteiger partial charge in [0.25, 0.3) is 0 Å². The standard InChI is InChI=1S/C23H19N3O5/c24-22(28)31-21-10-5-17(11-15-1-6-19(7-2-15)25-14-27)13-18(21)12-16-3-8-20(9-4-16)26-23(29)30/h1-10,13,26H,11-12H2,(H2,24,28)(H,29,30). The molecular formula is C23H19N3O5. The maximum Gasteiger partial charge on any atom is 0.409 e. The number of aliphatic imine (C=N–C) groups is 1. The molecule has 2 amide bonds. The summed E-state index contributed by atoms with van der Waals surface area (Å²) in [7, 11) is 0. The number of primary amides is 1. The van der Waals surface area contributed by atoms with Gasteiger partial charge in [0.1, 0.15) is 5.75 Å². The second-order valence-corrected chi connectivity index (χ2v) is 6.71. The maximum absolute atomic E-state index is 11.3. The number of ether oxygens (including phenoxy) is 1. The summed E-state index contributed by atoms with van der Waals surface area (Å²) in [6.07, 6.45) is 0.548. The van der Waals surface area contributed by atoms with Crippen molar-refractivity contribution in [2.24, 2.45) is 10.7 Å². The van der Waals surface area contributed by atoms with Gasteiger partial charge in [-0.2, -0.15) is 4.99 Å². The molecular weight excluding hydrogens is 398 g/mol. The summed E-state index contributed by atoms with van der Waals surface area (Å²) in [4.78, 5) is 35.9. The molecule has 0 aromatic heterocycles. The lowest BCUT2D eigenvalue weighted by atomic mass is 9.98. The first-order valence-corrected chi connectivity index (χ1v) is 9.28. The van der Waals surface area contributed by atoms with Crippen LogP contribution in [0.25, 0.3) is 0 Å². The summed E-state index contributed by atoms with van der Waals surface area (Å²) in [5.74, 6) is 0.361. The molecule has 4 N–H and O–H groups in total. The molecule has 8 nitrogen and oxygen atoms in total. The highest BCUT2D eigenvalue weighted by molar-refractivity contribution is 5.82. The van der Waals surface area contributed by atoms with E-state index in [4.69, 9.17) is 15.6 Å². The first kappa shape index (κ1) is 21.3. The first-order valence-electron chi connectivity index (χ1n) is 9.28. The fourth-order valence-corrected chi connectivity index (χ4v) is 3.11. The third-order valence-corrected chi connectivity index (χ3v) is 4.45. The Hall–Kier alpha value is -4.42. The van der Waals surface area contributed by atoms with E-state index in [1.807, 2.05) is 24.3 Å². The Morgan fingerprint density at radius 2 is 1.55 bits per heavy atom. The zero-order chi connectivity index (χ0) is 22.2. The van der Waals surface area contributed by atoms with Crippen LogP contribution >= 0.6 is 0 Å². The molecule has 0 bridgehead atoms. The van der Waals surface area contributed by atoms with E-state index >= 15 is 0 Å². The van der Waals surface area contributed by atoms with Gasteiger partial charge < -0.3 is 15.6 Å². The van der Waals surface area contributed by atoms with Crippen molar-refractivity contribution in [3.8, 4) is 5.75 Å². The van der Waals surface area contributed by atoms with E-state index in [-0.39, 0.29) is 0 Å². The molecule has 3 aromatic carbocycles. The van der Waals surface area contributed by atoms with Gasteiger partial charge >= 0.3 is 12.2 Å². The Bertz CT molecular complexity index is 1130. The number of benzene rings is 3. The summed E-state index contributed by atoms with van der Waals surface area (Å²) in [5, 5.41) is 11.1. The van der Waals surface area contributed by atoms with Crippen LogP contribution in [0.15, 0.2) is 71.7 Å². The molecule has 0 fully saturated rings. The predicted molar refractivity (Wildman–Crippen MR) is 115 cm³/mol. The molecule has 0 aliphatic carbocycles. The topological polar surface area (TPSA) is 131 Å². The Morgan fingerprint density at radius 1 is 0.935 bits per heavy atom. The van der Waals surface area contributed by atoms with Crippen LogP contribution in [-0.4, -0.2) is 23.4 Å². The zero-order valence-electron chi connectivity index (χ0n) is 16.4. The largest absolute Gasteiger partial charge is 0.465 e. The van der Waals surface area contributed by atoms with E-state index in [9.17, 15) is 14.4 Å².